The first-order valence-electron chi connectivity index (χ1n) is 7.81. The monoisotopic (exact) mass is 314 g/mol. The van der Waals surface area contributed by atoms with E-state index in [0.29, 0.717) is 0 Å². The van der Waals surface area contributed by atoms with Crippen LogP contribution in [0, 0.1) is 18.7 Å². The third-order valence-corrected chi connectivity index (χ3v) is 3.68. The Kier molecular flexibility index (Phi) is 5.88. The van der Waals surface area contributed by atoms with Gasteiger partial charge >= 0.3 is 0 Å². The van der Waals surface area contributed by atoms with Gasteiger partial charge in [-0.05, 0) is 48.2 Å². The van der Waals surface area contributed by atoms with Gasteiger partial charge < -0.3 is 10.6 Å². The van der Waals surface area contributed by atoms with E-state index in [1.54, 1.807) is 12.1 Å². The number of benzene rings is 2. The van der Waals surface area contributed by atoms with Crippen molar-refractivity contribution >= 4 is 11.6 Å². The van der Waals surface area contributed by atoms with Gasteiger partial charge in [-0.1, -0.05) is 38.1 Å². The molecule has 4 heteroatoms. The zero-order valence-corrected chi connectivity index (χ0v) is 13.8. The van der Waals surface area contributed by atoms with Crippen molar-refractivity contribution in [3.05, 3.63) is 65.5 Å². The second-order valence-corrected chi connectivity index (χ2v) is 6.07. The van der Waals surface area contributed by atoms with Gasteiger partial charge in [-0.15, -0.1) is 0 Å². The van der Waals surface area contributed by atoms with E-state index < -0.39 is 0 Å². The van der Waals surface area contributed by atoms with Crippen LogP contribution in [0.1, 0.15) is 31.0 Å². The lowest BCUT2D eigenvalue weighted by atomic mass is 9.96. The summed E-state index contributed by atoms with van der Waals surface area (Å²) in [5, 5.41) is 6.13. The standard InChI is InChI=1S/C19H23FN2O/c1-13(2)19(15-7-9-16(20)10-8-15)21-12-18(23)22-17-6-4-5-14(3)11-17/h4-11,13,19,21H,12H2,1-3H3,(H,22,23)/t19-/m0/s1. The molecule has 1 atom stereocenters. The molecule has 3 nitrogen and oxygen atoms in total. The van der Waals surface area contributed by atoms with Crippen LogP contribution in [0.2, 0.25) is 0 Å². The summed E-state index contributed by atoms with van der Waals surface area (Å²) in [6, 6.07) is 14.1. The van der Waals surface area contributed by atoms with Crippen molar-refractivity contribution < 1.29 is 9.18 Å². The SMILES string of the molecule is Cc1cccc(NC(=O)CN[C@H](c2ccc(F)cc2)C(C)C)c1. The van der Waals surface area contributed by atoms with Gasteiger partial charge in [0.25, 0.3) is 0 Å². The topological polar surface area (TPSA) is 41.1 Å². The summed E-state index contributed by atoms with van der Waals surface area (Å²) < 4.78 is 13.1. The van der Waals surface area contributed by atoms with Gasteiger partial charge in [0.05, 0.1) is 6.54 Å². The molecule has 2 N–H and O–H groups in total. The molecule has 1 amide bonds. The fourth-order valence-corrected chi connectivity index (χ4v) is 2.54. The maximum Gasteiger partial charge on any atom is 0.238 e. The summed E-state index contributed by atoms with van der Waals surface area (Å²) in [4.78, 5) is 12.1. The van der Waals surface area contributed by atoms with Crippen LogP contribution in [0.5, 0.6) is 0 Å². The first-order chi connectivity index (χ1) is 11.0. The summed E-state index contributed by atoms with van der Waals surface area (Å²) in [6.45, 7) is 6.32. The average Bonchev–Trinajstić information content (AvgIpc) is 2.49. The molecule has 0 fully saturated rings. The molecule has 0 radical (unpaired) electrons. The highest BCUT2D eigenvalue weighted by atomic mass is 19.1. The van der Waals surface area contributed by atoms with Gasteiger partial charge in [-0.25, -0.2) is 4.39 Å². The lowest BCUT2D eigenvalue weighted by Crippen LogP contribution is -2.33. The smallest absolute Gasteiger partial charge is 0.238 e. The molecule has 0 aromatic heterocycles. The molecular formula is C19H23FN2O. The van der Waals surface area contributed by atoms with Gasteiger partial charge in [-0.3, -0.25) is 4.79 Å². The molecular weight excluding hydrogens is 291 g/mol. The van der Waals surface area contributed by atoms with Crippen molar-refractivity contribution in [2.24, 2.45) is 5.92 Å². The molecule has 0 saturated carbocycles. The number of aryl methyl sites for hydroxylation is 1. The van der Waals surface area contributed by atoms with Crippen LogP contribution in [0.25, 0.3) is 0 Å². The molecule has 23 heavy (non-hydrogen) atoms. The highest BCUT2D eigenvalue weighted by Gasteiger charge is 2.16. The van der Waals surface area contributed by atoms with E-state index in [0.717, 1.165) is 16.8 Å². The van der Waals surface area contributed by atoms with Crippen LogP contribution in [-0.2, 0) is 4.79 Å². The van der Waals surface area contributed by atoms with Crippen LogP contribution in [0.4, 0.5) is 10.1 Å². The van der Waals surface area contributed by atoms with Crippen molar-refractivity contribution in [1.29, 1.82) is 0 Å². The Morgan fingerprint density at radius 2 is 1.83 bits per heavy atom. The number of amides is 1. The summed E-state index contributed by atoms with van der Waals surface area (Å²) >= 11 is 0. The summed E-state index contributed by atoms with van der Waals surface area (Å²) in [7, 11) is 0. The third kappa shape index (κ3) is 5.18. The van der Waals surface area contributed by atoms with E-state index in [2.05, 4.69) is 24.5 Å². The Balaban J connectivity index is 1.96. The van der Waals surface area contributed by atoms with Gasteiger partial charge in [0, 0.05) is 11.7 Å². The molecule has 0 aliphatic heterocycles. The molecule has 0 unspecified atom stereocenters. The number of halogens is 1. The van der Waals surface area contributed by atoms with Crippen LogP contribution >= 0.6 is 0 Å². The average molecular weight is 314 g/mol. The van der Waals surface area contributed by atoms with Crippen LogP contribution < -0.4 is 10.6 Å². The Labute approximate surface area is 136 Å². The van der Waals surface area contributed by atoms with Crippen LogP contribution in [0.3, 0.4) is 0 Å². The van der Waals surface area contributed by atoms with Gasteiger partial charge in [-0.2, -0.15) is 0 Å². The van der Waals surface area contributed by atoms with Crippen molar-refractivity contribution in [2.75, 3.05) is 11.9 Å². The van der Waals surface area contributed by atoms with Crippen molar-refractivity contribution in [1.82, 2.24) is 5.32 Å². The van der Waals surface area contributed by atoms with Crippen LogP contribution in [0.15, 0.2) is 48.5 Å². The van der Waals surface area contributed by atoms with E-state index in [-0.39, 0.29) is 30.2 Å². The number of carbonyl (C=O) groups excluding carboxylic acids is 1. The Morgan fingerprint density at radius 1 is 1.13 bits per heavy atom. The van der Waals surface area contributed by atoms with Crippen molar-refractivity contribution in [3.8, 4) is 0 Å². The minimum absolute atomic E-state index is 0.00106. The number of rotatable bonds is 6. The van der Waals surface area contributed by atoms with E-state index in [1.165, 1.54) is 12.1 Å². The predicted octanol–water partition coefficient (Wildman–Crippen LogP) is 4.06. The van der Waals surface area contributed by atoms with Crippen LogP contribution in [-0.4, -0.2) is 12.5 Å². The molecule has 0 spiro atoms. The third-order valence-electron chi connectivity index (χ3n) is 3.68. The quantitative estimate of drug-likeness (QED) is 0.844. The molecule has 2 aromatic rings. The maximum atomic E-state index is 13.1. The highest BCUT2D eigenvalue weighted by Crippen LogP contribution is 2.21. The predicted molar refractivity (Wildman–Crippen MR) is 91.8 cm³/mol. The first-order valence-corrected chi connectivity index (χ1v) is 7.81. The number of carbonyl (C=O) groups is 1. The summed E-state index contributed by atoms with van der Waals surface area (Å²) in [5.74, 6) is -0.0657. The molecule has 122 valence electrons. The molecule has 0 saturated heterocycles. The zero-order valence-electron chi connectivity index (χ0n) is 13.8. The largest absolute Gasteiger partial charge is 0.325 e. The minimum Gasteiger partial charge on any atom is -0.325 e. The molecule has 2 aromatic carbocycles. The van der Waals surface area contributed by atoms with Gasteiger partial charge in [0.1, 0.15) is 5.82 Å². The van der Waals surface area contributed by atoms with E-state index in [9.17, 15) is 9.18 Å². The first kappa shape index (κ1) is 17.2. The second kappa shape index (κ2) is 7.88. The van der Waals surface area contributed by atoms with Gasteiger partial charge in [0.15, 0.2) is 0 Å². The highest BCUT2D eigenvalue weighted by molar-refractivity contribution is 5.92. The number of nitrogens with one attached hydrogen (secondary N) is 2. The maximum absolute atomic E-state index is 13.1. The van der Waals surface area contributed by atoms with Crippen molar-refractivity contribution in [2.45, 2.75) is 26.8 Å². The number of anilines is 1. The van der Waals surface area contributed by atoms with Gasteiger partial charge in [0.2, 0.25) is 5.91 Å². The molecule has 2 rings (SSSR count). The Morgan fingerprint density at radius 3 is 2.43 bits per heavy atom. The van der Waals surface area contributed by atoms with E-state index in [1.807, 2.05) is 31.2 Å². The zero-order chi connectivity index (χ0) is 16.8. The fourth-order valence-electron chi connectivity index (χ4n) is 2.54. The molecule has 0 bridgehead atoms. The van der Waals surface area contributed by atoms with Crippen molar-refractivity contribution in [3.63, 3.8) is 0 Å². The fraction of sp³-hybridized carbons (Fsp3) is 0.316. The molecule has 0 heterocycles. The Hall–Kier alpha value is -2.20. The number of hydrogen-bond acceptors (Lipinski definition) is 2. The molecule has 0 aliphatic rings. The number of hydrogen-bond donors (Lipinski definition) is 2. The Bertz CT molecular complexity index is 653. The lowest BCUT2D eigenvalue weighted by molar-refractivity contribution is -0.115. The molecule has 0 aliphatic carbocycles. The van der Waals surface area contributed by atoms with E-state index in [4.69, 9.17) is 0 Å². The summed E-state index contributed by atoms with van der Waals surface area (Å²) in [6.07, 6.45) is 0. The second-order valence-electron chi connectivity index (χ2n) is 6.07. The lowest BCUT2D eigenvalue weighted by Gasteiger charge is -2.23. The summed E-state index contributed by atoms with van der Waals surface area (Å²) in [5.41, 5.74) is 2.87. The minimum atomic E-state index is -0.256. The normalized spacial score (nSPS) is 12.2. The van der Waals surface area contributed by atoms with E-state index >= 15 is 0 Å².